The maximum Gasteiger partial charge on any atom is 0.255 e. The first-order valence-corrected chi connectivity index (χ1v) is 10.2. The highest BCUT2D eigenvalue weighted by atomic mass is 32.2. The molecule has 0 aliphatic heterocycles. The largest absolute Gasteiger partial charge is 0.322 e. The van der Waals surface area contributed by atoms with Gasteiger partial charge in [-0.15, -0.1) is 0 Å². The molecule has 0 radical (unpaired) electrons. The number of benzene rings is 2. The predicted molar refractivity (Wildman–Crippen MR) is 109 cm³/mol. The van der Waals surface area contributed by atoms with Crippen molar-refractivity contribution in [3.05, 3.63) is 96.3 Å². The van der Waals surface area contributed by atoms with Crippen molar-refractivity contribution in [2.24, 2.45) is 0 Å². The molecule has 3 aromatic rings. The van der Waals surface area contributed by atoms with E-state index in [1.54, 1.807) is 12.1 Å². The van der Waals surface area contributed by atoms with Crippen molar-refractivity contribution in [1.29, 1.82) is 0 Å². The van der Waals surface area contributed by atoms with Gasteiger partial charge in [0.2, 0.25) is 10.0 Å². The van der Waals surface area contributed by atoms with Crippen LogP contribution in [-0.4, -0.2) is 19.3 Å². The molecule has 0 fully saturated rings. The van der Waals surface area contributed by atoms with Crippen LogP contribution in [0.2, 0.25) is 0 Å². The Balaban J connectivity index is 1.67. The van der Waals surface area contributed by atoms with E-state index < -0.39 is 34.1 Å². The second kappa shape index (κ2) is 8.93. The van der Waals surface area contributed by atoms with E-state index in [2.05, 4.69) is 21.6 Å². The zero-order chi connectivity index (χ0) is 21.7. The van der Waals surface area contributed by atoms with Crippen LogP contribution in [0.15, 0.2) is 78.5 Å². The summed E-state index contributed by atoms with van der Waals surface area (Å²) < 4.78 is 54.3. The minimum absolute atomic E-state index is 0.120. The number of carbonyl (C=O) groups is 1. The molecule has 0 bridgehead atoms. The molecule has 0 aliphatic rings. The maximum atomic E-state index is 13.7. The molecule has 0 saturated heterocycles. The molecular weight excluding hydrogens is 412 g/mol. The number of hydrogen-bond donors (Lipinski definition) is 2. The summed E-state index contributed by atoms with van der Waals surface area (Å²) >= 11 is 0. The van der Waals surface area contributed by atoms with Crippen LogP contribution in [0.3, 0.4) is 0 Å². The van der Waals surface area contributed by atoms with Crippen molar-refractivity contribution >= 4 is 27.2 Å². The first-order valence-electron chi connectivity index (χ1n) is 8.71. The van der Waals surface area contributed by atoms with E-state index in [4.69, 9.17) is 0 Å². The van der Waals surface area contributed by atoms with Gasteiger partial charge in [0.15, 0.2) is 0 Å². The zero-order valence-electron chi connectivity index (χ0n) is 15.6. The quantitative estimate of drug-likeness (QED) is 0.563. The fourth-order valence-electron chi connectivity index (χ4n) is 2.56. The van der Waals surface area contributed by atoms with E-state index in [-0.39, 0.29) is 16.0 Å². The number of nitrogens with zero attached hydrogens (tertiary/aromatic N) is 1. The molecule has 0 saturated carbocycles. The lowest BCUT2D eigenvalue weighted by atomic mass is 10.1. The van der Waals surface area contributed by atoms with Crippen LogP contribution in [0.1, 0.15) is 11.1 Å². The van der Waals surface area contributed by atoms with Crippen LogP contribution in [0, 0.1) is 11.6 Å². The van der Waals surface area contributed by atoms with Gasteiger partial charge in [0.05, 0.1) is 4.90 Å². The molecule has 0 spiro atoms. The molecule has 30 heavy (non-hydrogen) atoms. The second-order valence-corrected chi connectivity index (χ2v) is 7.98. The summed E-state index contributed by atoms with van der Waals surface area (Å²) in [6.45, 7) is 3.20. The number of carbonyl (C=O) groups excluding carboxylic acids is 1. The summed E-state index contributed by atoms with van der Waals surface area (Å²) in [5, 5.41) is 2.62. The van der Waals surface area contributed by atoms with Crippen molar-refractivity contribution in [2.45, 2.75) is 11.4 Å². The van der Waals surface area contributed by atoms with Gasteiger partial charge in [-0.3, -0.25) is 9.78 Å². The number of aromatic nitrogens is 1. The molecule has 2 N–H and O–H groups in total. The van der Waals surface area contributed by atoms with Crippen LogP contribution < -0.4 is 10.0 Å². The number of rotatable bonds is 7. The van der Waals surface area contributed by atoms with Gasteiger partial charge in [0.1, 0.15) is 11.6 Å². The van der Waals surface area contributed by atoms with E-state index in [1.807, 2.05) is 0 Å². The minimum atomic E-state index is -4.02. The highest BCUT2D eigenvalue weighted by molar-refractivity contribution is 7.89. The first-order chi connectivity index (χ1) is 14.3. The van der Waals surface area contributed by atoms with Gasteiger partial charge < -0.3 is 5.32 Å². The summed E-state index contributed by atoms with van der Waals surface area (Å²) in [6.07, 6.45) is 3.07. The van der Waals surface area contributed by atoms with Gasteiger partial charge in [-0.2, -0.15) is 0 Å². The monoisotopic (exact) mass is 429 g/mol. The molecule has 1 heterocycles. The van der Waals surface area contributed by atoms with Gasteiger partial charge >= 0.3 is 0 Å². The molecule has 2 aromatic carbocycles. The van der Waals surface area contributed by atoms with Crippen molar-refractivity contribution in [3.63, 3.8) is 0 Å². The molecule has 154 valence electrons. The SMILES string of the molecule is C=C(C(=O)Nc1ccc(S(=O)(=O)NCc2c(F)cccc2F)cc1)c1ccncc1. The van der Waals surface area contributed by atoms with Crippen molar-refractivity contribution in [1.82, 2.24) is 9.71 Å². The lowest BCUT2D eigenvalue weighted by molar-refractivity contribution is -0.111. The third kappa shape index (κ3) is 4.94. The molecule has 1 amide bonds. The Hall–Kier alpha value is -3.43. The lowest BCUT2D eigenvalue weighted by Gasteiger charge is -2.10. The molecule has 0 aliphatic carbocycles. The Labute approximate surface area is 172 Å². The smallest absolute Gasteiger partial charge is 0.255 e. The highest BCUT2D eigenvalue weighted by Crippen LogP contribution is 2.18. The Kier molecular flexibility index (Phi) is 6.34. The minimum Gasteiger partial charge on any atom is -0.322 e. The number of hydrogen-bond acceptors (Lipinski definition) is 4. The Bertz CT molecular complexity index is 1160. The van der Waals surface area contributed by atoms with E-state index in [9.17, 15) is 22.0 Å². The topological polar surface area (TPSA) is 88.2 Å². The molecule has 6 nitrogen and oxygen atoms in total. The highest BCUT2D eigenvalue weighted by Gasteiger charge is 2.17. The second-order valence-electron chi connectivity index (χ2n) is 6.22. The molecule has 9 heteroatoms. The van der Waals surface area contributed by atoms with Crippen LogP contribution in [0.5, 0.6) is 0 Å². The van der Waals surface area contributed by atoms with Crippen molar-refractivity contribution < 1.29 is 22.0 Å². The van der Waals surface area contributed by atoms with Gasteiger partial charge in [-0.05, 0) is 54.1 Å². The number of nitrogens with one attached hydrogen (secondary N) is 2. The van der Waals surface area contributed by atoms with E-state index in [0.717, 1.165) is 12.1 Å². The molecular formula is C21H17F2N3O3S. The number of pyridine rings is 1. The Morgan fingerprint density at radius 1 is 0.967 bits per heavy atom. The predicted octanol–water partition coefficient (Wildman–Crippen LogP) is 3.49. The third-order valence-corrected chi connectivity index (χ3v) is 5.64. The summed E-state index contributed by atoms with van der Waals surface area (Å²) in [4.78, 5) is 16.0. The number of anilines is 1. The fraction of sp³-hybridized carbons (Fsp3) is 0.0476. The molecule has 0 atom stereocenters. The van der Waals surface area contributed by atoms with Gasteiger partial charge in [0.25, 0.3) is 5.91 Å². The van der Waals surface area contributed by atoms with E-state index in [1.165, 1.54) is 42.7 Å². The number of amides is 1. The average molecular weight is 429 g/mol. The Morgan fingerprint density at radius 3 is 2.17 bits per heavy atom. The third-order valence-electron chi connectivity index (χ3n) is 4.23. The molecule has 0 unspecified atom stereocenters. The number of halogens is 2. The van der Waals surface area contributed by atoms with Gasteiger partial charge in [-0.25, -0.2) is 21.9 Å². The lowest BCUT2D eigenvalue weighted by Crippen LogP contribution is -2.24. The van der Waals surface area contributed by atoms with Crippen molar-refractivity contribution in [2.75, 3.05) is 5.32 Å². The van der Waals surface area contributed by atoms with Crippen LogP contribution in [0.25, 0.3) is 5.57 Å². The van der Waals surface area contributed by atoms with Gasteiger partial charge in [0, 0.05) is 35.8 Å². The van der Waals surface area contributed by atoms with Gasteiger partial charge in [-0.1, -0.05) is 12.6 Å². The first kappa shape index (κ1) is 21.3. The summed E-state index contributed by atoms with van der Waals surface area (Å²) in [6, 6.07) is 11.9. The zero-order valence-corrected chi connectivity index (χ0v) is 16.4. The summed E-state index contributed by atoms with van der Waals surface area (Å²) in [7, 11) is -4.02. The maximum absolute atomic E-state index is 13.7. The van der Waals surface area contributed by atoms with Crippen LogP contribution >= 0.6 is 0 Å². The standard InChI is InChI=1S/C21H17F2N3O3S/c1-14(15-9-11-24-12-10-15)21(27)26-16-5-7-17(8-6-16)30(28,29)25-13-18-19(22)3-2-4-20(18)23/h2-12,25H,1,13H2,(H,26,27). The van der Waals surface area contributed by atoms with E-state index >= 15 is 0 Å². The van der Waals surface area contributed by atoms with E-state index in [0.29, 0.717) is 11.3 Å². The van der Waals surface area contributed by atoms with Crippen LogP contribution in [0.4, 0.5) is 14.5 Å². The number of sulfonamides is 1. The molecule has 3 rings (SSSR count). The summed E-state index contributed by atoms with van der Waals surface area (Å²) in [5.74, 6) is -2.14. The normalized spacial score (nSPS) is 11.1. The van der Waals surface area contributed by atoms with Crippen molar-refractivity contribution in [3.8, 4) is 0 Å². The Morgan fingerprint density at radius 2 is 1.57 bits per heavy atom. The summed E-state index contributed by atoms with van der Waals surface area (Å²) in [5.41, 5.74) is 0.808. The average Bonchev–Trinajstić information content (AvgIpc) is 2.74. The van der Waals surface area contributed by atoms with Crippen LogP contribution in [-0.2, 0) is 21.4 Å². The molecule has 1 aromatic heterocycles. The fourth-order valence-corrected chi connectivity index (χ4v) is 3.56.